The van der Waals surface area contributed by atoms with Gasteiger partial charge in [0.15, 0.2) is 0 Å². The average Bonchev–Trinajstić information content (AvgIpc) is 3.38. The Labute approximate surface area is 226 Å². The first kappa shape index (κ1) is 25.6. The van der Waals surface area contributed by atoms with E-state index >= 15 is 0 Å². The summed E-state index contributed by atoms with van der Waals surface area (Å²) in [6, 6.07) is 21.3. The summed E-state index contributed by atoms with van der Waals surface area (Å²) in [6.45, 7) is 7.88. The van der Waals surface area contributed by atoms with Crippen molar-refractivity contribution in [3.63, 3.8) is 0 Å². The number of amides is 1. The number of carbonyl (C=O) groups excluding carboxylic acids is 1. The van der Waals surface area contributed by atoms with E-state index in [2.05, 4.69) is 71.0 Å². The van der Waals surface area contributed by atoms with Gasteiger partial charge in [-0.2, -0.15) is 0 Å². The van der Waals surface area contributed by atoms with Gasteiger partial charge in [-0.1, -0.05) is 42.5 Å². The molecule has 3 saturated heterocycles. The van der Waals surface area contributed by atoms with E-state index in [1.54, 1.807) is 13.8 Å². The largest absolute Gasteiger partial charge is 0.381 e. The molecule has 3 aliphatic heterocycles. The standard InChI is InChI=1S/C32H42N4O2/c1-23-33-28-11-7-8-12-29(28)36(23)27-21-25-13-14-26(22-27)35(25)20-17-32(24-9-5-4-6-10-24)15-18-34(19-16-32)30(37)31(2,3)38/h4-12,25-27,38H,13-22H2,1-3H3/t25-,26?,27?/m1/s1. The van der Waals surface area contributed by atoms with Gasteiger partial charge >= 0.3 is 0 Å². The number of hydrogen-bond acceptors (Lipinski definition) is 4. The topological polar surface area (TPSA) is 61.6 Å². The fourth-order valence-electron chi connectivity index (χ4n) is 7.79. The quantitative estimate of drug-likeness (QED) is 0.489. The number of imidazole rings is 1. The number of hydrogen-bond donors (Lipinski definition) is 1. The first-order valence-corrected chi connectivity index (χ1v) is 14.5. The van der Waals surface area contributed by atoms with Crippen LogP contribution in [0.4, 0.5) is 0 Å². The van der Waals surface area contributed by atoms with Crippen LogP contribution >= 0.6 is 0 Å². The van der Waals surface area contributed by atoms with Crippen LogP contribution in [0.3, 0.4) is 0 Å². The third-order valence-corrected chi connectivity index (χ3v) is 9.76. The number of carbonyl (C=O) groups is 1. The van der Waals surface area contributed by atoms with Crippen LogP contribution in [0.5, 0.6) is 0 Å². The molecule has 3 fully saturated rings. The van der Waals surface area contributed by atoms with E-state index in [4.69, 9.17) is 4.98 Å². The van der Waals surface area contributed by atoms with Gasteiger partial charge < -0.3 is 14.6 Å². The van der Waals surface area contributed by atoms with Crippen LogP contribution in [0.2, 0.25) is 0 Å². The highest BCUT2D eigenvalue weighted by molar-refractivity contribution is 5.84. The molecular weight excluding hydrogens is 472 g/mol. The lowest BCUT2D eigenvalue weighted by Gasteiger charge is -2.46. The Morgan fingerprint density at radius 1 is 0.974 bits per heavy atom. The minimum Gasteiger partial charge on any atom is -0.381 e. The van der Waals surface area contributed by atoms with Crippen LogP contribution in [0.25, 0.3) is 11.0 Å². The molecule has 1 aromatic heterocycles. The minimum atomic E-state index is -1.31. The number of piperidine rings is 2. The van der Waals surface area contributed by atoms with Crippen molar-refractivity contribution in [3.05, 3.63) is 66.0 Å². The lowest BCUT2D eigenvalue weighted by Crippen LogP contribution is -2.52. The number of aryl methyl sites for hydroxylation is 1. The van der Waals surface area contributed by atoms with Gasteiger partial charge in [-0.05, 0) is 95.4 Å². The number of fused-ring (bicyclic) bond motifs is 3. The predicted octanol–water partition coefficient (Wildman–Crippen LogP) is 5.23. The smallest absolute Gasteiger partial charge is 0.253 e. The van der Waals surface area contributed by atoms with Crippen LogP contribution in [0, 0.1) is 6.92 Å². The lowest BCUT2D eigenvalue weighted by molar-refractivity contribution is -0.149. The number of likely N-dealkylation sites (tertiary alicyclic amines) is 1. The van der Waals surface area contributed by atoms with Crippen LogP contribution in [-0.4, -0.2) is 67.7 Å². The van der Waals surface area contributed by atoms with E-state index in [0.29, 0.717) is 31.2 Å². The van der Waals surface area contributed by atoms with Crippen molar-refractivity contribution in [2.75, 3.05) is 19.6 Å². The van der Waals surface area contributed by atoms with Gasteiger partial charge in [-0.3, -0.25) is 9.69 Å². The van der Waals surface area contributed by atoms with Gasteiger partial charge in [-0.25, -0.2) is 4.98 Å². The second-order valence-corrected chi connectivity index (χ2v) is 12.5. The fourth-order valence-corrected chi connectivity index (χ4v) is 7.79. The zero-order valence-corrected chi connectivity index (χ0v) is 23.1. The Hall–Kier alpha value is -2.70. The number of nitrogens with zero attached hydrogens (tertiary/aromatic N) is 4. The maximum absolute atomic E-state index is 12.8. The molecule has 3 aromatic rings. The molecule has 3 aliphatic rings. The highest BCUT2D eigenvalue weighted by atomic mass is 16.3. The summed E-state index contributed by atoms with van der Waals surface area (Å²) in [5.74, 6) is 0.987. The third kappa shape index (κ3) is 4.56. The number of aromatic nitrogens is 2. The Morgan fingerprint density at radius 2 is 1.61 bits per heavy atom. The molecule has 38 heavy (non-hydrogen) atoms. The van der Waals surface area contributed by atoms with E-state index in [9.17, 15) is 9.90 Å². The van der Waals surface area contributed by atoms with Crippen molar-refractivity contribution < 1.29 is 9.90 Å². The van der Waals surface area contributed by atoms with Gasteiger partial charge in [0.25, 0.3) is 5.91 Å². The maximum Gasteiger partial charge on any atom is 0.253 e. The molecule has 0 radical (unpaired) electrons. The zero-order valence-electron chi connectivity index (χ0n) is 23.1. The van der Waals surface area contributed by atoms with Crippen molar-refractivity contribution in [3.8, 4) is 0 Å². The molecule has 2 unspecified atom stereocenters. The molecule has 0 spiro atoms. The summed E-state index contributed by atoms with van der Waals surface area (Å²) in [5, 5.41) is 10.3. The van der Waals surface area contributed by atoms with Crippen molar-refractivity contribution in [1.29, 1.82) is 0 Å². The highest BCUT2D eigenvalue weighted by Gasteiger charge is 2.44. The van der Waals surface area contributed by atoms with Crippen LogP contribution < -0.4 is 0 Å². The van der Waals surface area contributed by atoms with Gasteiger partial charge in [0.2, 0.25) is 0 Å². The van der Waals surface area contributed by atoms with E-state index in [-0.39, 0.29) is 11.3 Å². The summed E-state index contributed by atoms with van der Waals surface area (Å²) >= 11 is 0. The van der Waals surface area contributed by atoms with E-state index in [0.717, 1.165) is 37.1 Å². The monoisotopic (exact) mass is 514 g/mol. The van der Waals surface area contributed by atoms with Gasteiger partial charge in [-0.15, -0.1) is 0 Å². The molecule has 4 heterocycles. The lowest BCUT2D eigenvalue weighted by atomic mass is 9.70. The number of rotatable bonds is 6. The summed E-state index contributed by atoms with van der Waals surface area (Å²) in [7, 11) is 0. The molecule has 0 saturated carbocycles. The van der Waals surface area contributed by atoms with Crippen molar-refractivity contribution in [1.82, 2.24) is 19.4 Å². The minimum absolute atomic E-state index is 0.0745. The van der Waals surface area contributed by atoms with Gasteiger partial charge in [0, 0.05) is 31.2 Å². The van der Waals surface area contributed by atoms with Crippen molar-refractivity contribution in [2.45, 2.75) is 94.9 Å². The first-order valence-electron chi connectivity index (χ1n) is 14.5. The Bertz CT molecular complexity index is 1270. The van der Waals surface area contributed by atoms with Crippen LogP contribution in [0.15, 0.2) is 54.6 Å². The van der Waals surface area contributed by atoms with Crippen molar-refractivity contribution >= 4 is 16.9 Å². The third-order valence-electron chi connectivity index (χ3n) is 9.76. The fraction of sp³-hybridized carbons (Fsp3) is 0.562. The van der Waals surface area contributed by atoms with E-state index < -0.39 is 5.60 Å². The molecule has 6 nitrogen and oxygen atoms in total. The summed E-state index contributed by atoms with van der Waals surface area (Å²) in [4.78, 5) is 22.3. The molecule has 0 aliphatic carbocycles. The second kappa shape index (κ2) is 9.80. The Morgan fingerprint density at radius 3 is 2.26 bits per heavy atom. The predicted molar refractivity (Wildman–Crippen MR) is 151 cm³/mol. The normalized spacial score (nSPS) is 25.7. The van der Waals surface area contributed by atoms with Gasteiger partial charge in [0.05, 0.1) is 11.0 Å². The molecule has 6 heteroatoms. The zero-order chi connectivity index (χ0) is 26.5. The van der Waals surface area contributed by atoms with E-state index in [1.165, 1.54) is 36.8 Å². The molecule has 1 N–H and O–H groups in total. The van der Waals surface area contributed by atoms with E-state index in [1.807, 2.05) is 4.90 Å². The molecule has 2 bridgehead atoms. The second-order valence-electron chi connectivity index (χ2n) is 12.5. The maximum atomic E-state index is 12.8. The molecule has 202 valence electrons. The SMILES string of the molecule is Cc1nc2ccccc2n1C1CC2CC[C@H](C1)N2CCC1(c2ccccc2)CCN(C(=O)C(C)(C)O)CC1. The molecule has 6 rings (SSSR count). The summed E-state index contributed by atoms with van der Waals surface area (Å²) in [6.07, 6.45) is 7.99. The van der Waals surface area contributed by atoms with Crippen molar-refractivity contribution in [2.24, 2.45) is 0 Å². The summed E-state index contributed by atoms with van der Waals surface area (Å²) in [5.41, 5.74) is 2.55. The number of benzene rings is 2. The molecule has 3 atom stereocenters. The van der Waals surface area contributed by atoms with Gasteiger partial charge in [0.1, 0.15) is 11.4 Å². The number of para-hydroxylation sites is 2. The molecular formula is C32H42N4O2. The Kier molecular flexibility index (Phi) is 6.59. The van der Waals surface area contributed by atoms with Crippen LogP contribution in [0.1, 0.15) is 76.2 Å². The average molecular weight is 515 g/mol. The molecule has 2 aromatic carbocycles. The first-order chi connectivity index (χ1) is 18.2. The van der Waals surface area contributed by atoms with Crippen LogP contribution in [-0.2, 0) is 10.2 Å². The highest BCUT2D eigenvalue weighted by Crippen LogP contribution is 2.45. The molecule has 1 amide bonds. The summed E-state index contributed by atoms with van der Waals surface area (Å²) < 4.78 is 2.51. The number of aliphatic hydroxyl groups is 1. The Balaban J connectivity index is 1.17.